The lowest BCUT2D eigenvalue weighted by Crippen LogP contribution is -2.45. The van der Waals surface area contributed by atoms with Crippen LogP contribution < -0.4 is 0 Å². The molecule has 1 rings (SSSR count). The molecule has 0 radical (unpaired) electrons. The maximum atomic E-state index is 11.6. The molecule has 0 aliphatic heterocycles. The first-order valence-electron chi connectivity index (χ1n) is 6.96. The van der Waals surface area contributed by atoms with E-state index in [1.807, 2.05) is 0 Å². The second kappa shape index (κ2) is 6.37. The summed E-state index contributed by atoms with van der Waals surface area (Å²) >= 11 is 0. The normalized spacial score (nSPS) is 28.2. The number of carbonyl (C=O) groups is 1. The smallest absolute Gasteiger partial charge is 0.335 e. The van der Waals surface area contributed by atoms with E-state index in [1.165, 1.54) is 0 Å². The van der Waals surface area contributed by atoms with Crippen LogP contribution in [0.15, 0.2) is 12.2 Å². The van der Waals surface area contributed by atoms with E-state index in [0.717, 1.165) is 32.1 Å². The van der Waals surface area contributed by atoms with Gasteiger partial charge in [-0.3, -0.25) is 0 Å². The second-order valence-corrected chi connectivity index (χ2v) is 5.93. The molecule has 1 saturated carbocycles. The highest BCUT2D eigenvalue weighted by atomic mass is 16.7. The summed E-state index contributed by atoms with van der Waals surface area (Å²) in [6, 6.07) is 0. The molecule has 1 aliphatic rings. The van der Waals surface area contributed by atoms with Crippen LogP contribution in [0.1, 0.15) is 59.3 Å². The Balaban J connectivity index is 2.66. The largest absolute Gasteiger partial charge is 0.430 e. The molecule has 2 atom stereocenters. The van der Waals surface area contributed by atoms with E-state index in [-0.39, 0.29) is 5.92 Å². The molecule has 0 aromatic rings. The number of hydrogen-bond acceptors (Lipinski definition) is 3. The zero-order valence-electron chi connectivity index (χ0n) is 11.9. The van der Waals surface area contributed by atoms with Crippen molar-refractivity contribution in [1.82, 2.24) is 0 Å². The standard InChI is InChI=1S/C15H26O3/c1-11(2)8-9-13-7-5-6-10-15(13,17)18-14(16)12(3)4/h11,13,17H,3,5-10H2,1-2,4H3/t13?,15-/m0/s1. The molecule has 0 bridgehead atoms. The lowest BCUT2D eigenvalue weighted by atomic mass is 9.79. The van der Waals surface area contributed by atoms with E-state index < -0.39 is 11.8 Å². The molecule has 1 aliphatic carbocycles. The van der Waals surface area contributed by atoms with Crippen molar-refractivity contribution < 1.29 is 14.6 Å². The van der Waals surface area contributed by atoms with Gasteiger partial charge in [0, 0.05) is 17.9 Å². The van der Waals surface area contributed by atoms with Crippen LogP contribution in [0.25, 0.3) is 0 Å². The monoisotopic (exact) mass is 254 g/mol. The Morgan fingerprint density at radius 1 is 1.50 bits per heavy atom. The minimum Gasteiger partial charge on any atom is -0.430 e. The third-order valence-electron chi connectivity index (χ3n) is 3.69. The van der Waals surface area contributed by atoms with Crippen molar-refractivity contribution in [3.8, 4) is 0 Å². The van der Waals surface area contributed by atoms with Gasteiger partial charge in [-0.25, -0.2) is 4.79 Å². The summed E-state index contributed by atoms with van der Waals surface area (Å²) in [6.45, 7) is 9.51. The van der Waals surface area contributed by atoms with E-state index in [1.54, 1.807) is 6.92 Å². The van der Waals surface area contributed by atoms with Crippen molar-refractivity contribution >= 4 is 5.97 Å². The van der Waals surface area contributed by atoms with Crippen molar-refractivity contribution in [2.75, 3.05) is 0 Å². The number of hydrogen-bond donors (Lipinski definition) is 1. The van der Waals surface area contributed by atoms with Crippen LogP contribution in [0.4, 0.5) is 0 Å². The van der Waals surface area contributed by atoms with Crippen LogP contribution in [0.5, 0.6) is 0 Å². The molecular weight excluding hydrogens is 228 g/mol. The number of aliphatic hydroxyl groups is 1. The van der Waals surface area contributed by atoms with Crippen LogP contribution in [-0.4, -0.2) is 16.9 Å². The molecule has 3 nitrogen and oxygen atoms in total. The first kappa shape index (κ1) is 15.2. The fourth-order valence-corrected chi connectivity index (χ4v) is 2.49. The van der Waals surface area contributed by atoms with Crippen molar-refractivity contribution in [3.63, 3.8) is 0 Å². The minimum atomic E-state index is -1.27. The number of esters is 1. The highest BCUT2D eigenvalue weighted by Gasteiger charge is 2.42. The summed E-state index contributed by atoms with van der Waals surface area (Å²) in [5, 5.41) is 10.6. The topological polar surface area (TPSA) is 46.5 Å². The molecule has 104 valence electrons. The number of carbonyl (C=O) groups excluding carboxylic acids is 1. The van der Waals surface area contributed by atoms with Crippen LogP contribution in [0.2, 0.25) is 0 Å². The van der Waals surface area contributed by atoms with Crippen molar-refractivity contribution in [2.24, 2.45) is 11.8 Å². The van der Waals surface area contributed by atoms with Gasteiger partial charge in [-0.05, 0) is 32.1 Å². The number of ether oxygens (including phenoxy) is 1. The SMILES string of the molecule is C=C(C)C(=O)O[C@@]1(O)CCCCC1CCC(C)C. The van der Waals surface area contributed by atoms with Gasteiger partial charge in [0.2, 0.25) is 5.79 Å². The van der Waals surface area contributed by atoms with Crippen LogP contribution in [0, 0.1) is 11.8 Å². The molecule has 18 heavy (non-hydrogen) atoms. The fraction of sp³-hybridized carbons (Fsp3) is 0.800. The molecule has 0 saturated heterocycles. The van der Waals surface area contributed by atoms with Crippen LogP contribution in [0.3, 0.4) is 0 Å². The Bertz CT molecular complexity index is 309. The van der Waals surface area contributed by atoms with Gasteiger partial charge in [-0.1, -0.05) is 33.3 Å². The zero-order valence-corrected chi connectivity index (χ0v) is 11.9. The fourth-order valence-electron chi connectivity index (χ4n) is 2.49. The van der Waals surface area contributed by atoms with E-state index in [2.05, 4.69) is 20.4 Å². The Hall–Kier alpha value is -0.830. The average molecular weight is 254 g/mol. The summed E-state index contributed by atoms with van der Waals surface area (Å²) in [7, 11) is 0. The molecule has 0 aromatic carbocycles. The second-order valence-electron chi connectivity index (χ2n) is 5.93. The first-order valence-corrected chi connectivity index (χ1v) is 6.96. The summed E-state index contributed by atoms with van der Waals surface area (Å²) in [4.78, 5) is 11.6. The van der Waals surface area contributed by atoms with Gasteiger partial charge in [0.1, 0.15) is 0 Å². The maximum Gasteiger partial charge on any atom is 0.335 e. The van der Waals surface area contributed by atoms with Crippen LogP contribution >= 0.6 is 0 Å². The maximum absolute atomic E-state index is 11.6. The highest BCUT2D eigenvalue weighted by molar-refractivity contribution is 5.87. The molecule has 0 aromatic heterocycles. The molecule has 1 fully saturated rings. The highest BCUT2D eigenvalue weighted by Crippen LogP contribution is 2.38. The molecule has 1 unspecified atom stereocenters. The van der Waals surface area contributed by atoms with E-state index in [9.17, 15) is 9.90 Å². The molecule has 0 spiro atoms. The van der Waals surface area contributed by atoms with E-state index in [0.29, 0.717) is 17.9 Å². The molecule has 0 amide bonds. The summed E-state index contributed by atoms with van der Waals surface area (Å²) in [6.07, 6.45) is 5.48. The molecule has 0 heterocycles. The van der Waals surface area contributed by atoms with Crippen LogP contribution in [-0.2, 0) is 9.53 Å². The van der Waals surface area contributed by atoms with Gasteiger partial charge in [-0.2, -0.15) is 0 Å². The van der Waals surface area contributed by atoms with Gasteiger partial charge in [0.05, 0.1) is 0 Å². The van der Waals surface area contributed by atoms with Crippen molar-refractivity contribution in [3.05, 3.63) is 12.2 Å². The quantitative estimate of drug-likeness (QED) is 0.464. The van der Waals surface area contributed by atoms with Crippen molar-refractivity contribution in [1.29, 1.82) is 0 Å². The van der Waals surface area contributed by atoms with Gasteiger partial charge >= 0.3 is 5.97 Å². The lowest BCUT2D eigenvalue weighted by Gasteiger charge is -2.39. The van der Waals surface area contributed by atoms with Gasteiger partial charge in [0.15, 0.2) is 0 Å². The zero-order chi connectivity index (χ0) is 13.8. The first-order chi connectivity index (χ1) is 8.35. The predicted octanol–water partition coefficient (Wildman–Crippen LogP) is 3.42. The summed E-state index contributed by atoms with van der Waals surface area (Å²) in [5.41, 5.74) is 0.344. The molecular formula is C15H26O3. The summed E-state index contributed by atoms with van der Waals surface area (Å²) < 4.78 is 5.30. The Kier molecular flexibility index (Phi) is 5.39. The minimum absolute atomic E-state index is 0.0666. The van der Waals surface area contributed by atoms with Gasteiger partial charge in [0.25, 0.3) is 0 Å². The third kappa shape index (κ3) is 4.13. The third-order valence-corrected chi connectivity index (χ3v) is 3.69. The van der Waals surface area contributed by atoms with Crippen molar-refractivity contribution in [2.45, 2.75) is 65.1 Å². The van der Waals surface area contributed by atoms with E-state index >= 15 is 0 Å². The molecule has 1 N–H and O–H groups in total. The van der Waals surface area contributed by atoms with Gasteiger partial charge < -0.3 is 9.84 Å². The molecule has 3 heteroatoms. The number of rotatable bonds is 5. The lowest BCUT2D eigenvalue weighted by molar-refractivity contribution is -0.241. The van der Waals surface area contributed by atoms with E-state index in [4.69, 9.17) is 4.74 Å². The predicted molar refractivity (Wildman–Crippen MR) is 71.9 cm³/mol. The Morgan fingerprint density at radius 3 is 2.72 bits per heavy atom. The van der Waals surface area contributed by atoms with Gasteiger partial charge in [-0.15, -0.1) is 0 Å². The Labute approximate surface area is 110 Å². The Morgan fingerprint density at radius 2 is 2.17 bits per heavy atom. The average Bonchev–Trinajstić information content (AvgIpc) is 2.27. The summed E-state index contributed by atoms with van der Waals surface area (Å²) in [5.74, 6) is -1.08.